The normalized spacial score (nSPS) is 18.1. The van der Waals surface area contributed by atoms with Crippen molar-refractivity contribution in [2.75, 3.05) is 13.1 Å². The van der Waals surface area contributed by atoms with E-state index in [0.717, 1.165) is 36.0 Å². The van der Waals surface area contributed by atoms with Crippen LogP contribution in [0, 0.1) is 5.41 Å². The number of nitrogens with zero attached hydrogens (tertiary/aromatic N) is 1. The van der Waals surface area contributed by atoms with Crippen LogP contribution in [0.25, 0.3) is 10.9 Å². The number of carbonyl (C=O) groups excluding carboxylic acids is 1. The first-order valence-corrected chi connectivity index (χ1v) is 6.88. The first kappa shape index (κ1) is 12.3. The maximum absolute atomic E-state index is 12.4. The number of carbonyl (C=O) groups is 1. The predicted octanol–water partition coefficient (Wildman–Crippen LogP) is 2.97. The highest BCUT2D eigenvalue weighted by atomic mass is 16.2. The number of rotatable bonds is 2. The van der Waals surface area contributed by atoms with E-state index >= 15 is 0 Å². The molecule has 0 aliphatic carbocycles. The smallest absolute Gasteiger partial charge is 0.227 e. The number of H-pyrrole nitrogens is 1. The Hall–Kier alpha value is -1.77. The van der Waals surface area contributed by atoms with Crippen molar-refractivity contribution in [3.8, 4) is 0 Å². The summed E-state index contributed by atoms with van der Waals surface area (Å²) in [6.45, 7) is 6.24. The summed E-state index contributed by atoms with van der Waals surface area (Å²) in [6, 6.07) is 8.14. The highest BCUT2D eigenvalue weighted by molar-refractivity contribution is 5.89. The van der Waals surface area contributed by atoms with Crippen molar-refractivity contribution in [1.29, 1.82) is 0 Å². The van der Waals surface area contributed by atoms with Gasteiger partial charge in [0.15, 0.2) is 0 Å². The quantitative estimate of drug-likeness (QED) is 0.881. The molecule has 2 aromatic rings. The van der Waals surface area contributed by atoms with Crippen LogP contribution in [0.4, 0.5) is 0 Å². The average molecular weight is 256 g/mol. The standard InChI is InChI=1S/C16H20N2O/c1-16(2)7-8-18(11-16)15(19)9-12-10-17-14-6-4-3-5-13(12)14/h3-6,10,17H,7-9,11H2,1-2H3. The lowest BCUT2D eigenvalue weighted by Crippen LogP contribution is -2.31. The minimum atomic E-state index is 0.246. The molecule has 1 aliphatic rings. The molecular formula is C16H20N2O. The number of amides is 1. The molecule has 19 heavy (non-hydrogen) atoms. The number of fused-ring (bicyclic) bond motifs is 1. The molecule has 3 heteroatoms. The first-order chi connectivity index (χ1) is 9.05. The topological polar surface area (TPSA) is 36.1 Å². The van der Waals surface area contributed by atoms with Crippen LogP contribution in [0.5, 0.6) is 0 Å². The number of nitrogens with one attached hydrogen (secondary N) is 1. The Morgan fingerprint density at radius 3 is 2.89 bits per heavy atom. The lowest BCUT2D eigenvalue weighted by Gasteiger charge is -2.19. The number of hydrogen-bond acceptors (Lipinski definition) is 1. The Morgan fingerprint density at radius 1 is 1.37 bits per heavy atom. The summed E-state index contributed by atoms with van der Waals surface area (Å²) in [5.74, 6) is 0.246. The van der Waals surface area contributed by atoms with Crippen LogP contribution in [0.3, 0.4) is 0 Å². The van der Waals surface area contributed by atoms with Crippen molar-refractivity contribution in [2.24, 2.45) is 5.41 Å². The maximum atomic E-state index is 12.4. The van der Waals surface area contributed by atoms with E-state index in [0.29, 0.717) is 6.42 Å². The summed E-state index contributed by atoms with van der Waals surface area (Å²) in [7, 11) is 0. The summed E-state index contributed by atoms with van der Waals surface area (Å²) in [5, 5.41) is 1.16. The summed E-state index contributed by atoms with van der Waals surface area (Å²) in [5.41, 5.74) is 2.48. The second kappa shape index (κ2) is 4.41. The largest absolute Gasteiger partial charge is 0.361 e. The van der Waals surface area contributed by atoms with Crippen molar-refractivity contribution in [1.82, 2.24) is 9.88 Å². The predicted molar refractivity (Wildman–Crippen MR) is 77.0 cm³/mol. The fraction of sp³-hybridized carbons (Fsp3) is 0.438. The molecule has 1 aliphatic heterocycles. The van der Waals surface area contributed by atoms with Gasteiger partial charge in [0.1, 0.15) is 0 Å². The van der Waals surface area contributed by atoms with E-state index in [4.69, 9.17) is 0 Å². The average Bonchev–Trinajstić information content (AvgIpc) is 2.94. The van der Waals surface area contributed by atoms with Gasteiger partial charge >= 0.3 is 0 Å². The third-order valence-electron chi connectivity index (χ3n) is 4.05. The number of para-hydroxylation sites is 1. The van der Waals surface area contributed by atoms with E-state index in [-0.39, 0.29) is 11.3 Å². The SMILES string of the molecule is CC1(C)CCN(C(=O)Cc2c[nH]c3ccccc23)C1. The molecule has 1 fully saturated rings. The molecule has 0 atom stereocenters. The molecule has 3 nitrogen and oxygen atoms in total. The summed E-state index contributed by atoms with van der Waals surface area (Å²) >= 11 is 0. The molecule has 1 aromatic heterocycles. The lowest BCUT2D eigenvalue weighted by molar-refractivity contribution is -0.129. The molecule has 2 heterocycles. The Labute approximate surface area is 113 Å². The molecule has 3 rings (SSSR count). The molecule has 0 bridgehead atoms. The number of aromatic nitrogens is 1. The van der Waals surface area contributed by atoms with Crippen molar-refractivity contribution >= 4 is 16.8 Å². The highest BCUT2D eigenvalue weighted by Gasteiger charge is 2.31. The molecule has 0 spiro atoms. The zero-order chi connectivity index (χ0) is 13.5. The Bertz CT molecular complexity index is 612. The Balaban J connectivity index is 1.77. The van der Waals surface area contributed by atoms with Gasteiger partial charge in [0.2, 0.25) is 5.91 Å². The van der Waals surface area contributed by atoms with Gasteiger partial charge < -0.3 is 9.88 Å². The van der Waals surface area contributed by atoms with Crippen molar-refractivity contribution in [2.45, 2.75) is 26.7 Å². The number of hydrogen-bond donors (Lipinski definition) is 1. The van der Waals surface area contributed by atoms with E-state index in [1.807, 2.05) is 29.3 Å². The zero-order valence-electron chi connectivity index (χ0n) is 11.6. The number of benzene rings is 1. The van der Waals surface area contributed by atoms with E-state index in [1.54, 1.807) is 0 Å². The third kappa shape index (κ3) is 2.37. The van der Waals surface area contributed by atoms with Crippen molar-refractivity contribution in [3.05, 3.63) is 36.0 Å². The molecule has 1 saturated heterocycles. The van der Waals surface area contributed by atoms with Crippen molar-refractivity contribution < 1.29 is 4.79 Å². The molecule has 1 aromatic carbocycles. The summed E-state index contributed by atoms with van der Waals surface area (Å²) < 4.78 is 0. The minimum absolute atomic E-state index is 0.246. The lowest BCUT2D eigenvalue weighted by atomic mass is 9.93. The third-order valence-corrected chi connectivity index (χ3v) is 4.05. The van der Waals surface area contributed by atoms with Gasteiger partial charge in [-0.2, -0.15) is 0 Å². The second-order valence-electron chi connectivity index (χ2n) is 6.27. The molecule has 0 unspecified atom stereocenters. The molecular weight excluding hydrogens is 236 g/mol. The molecule has 1 N–H and O–H groups in total. The van der Waals surface area contributed by atoms with Gasteiger partial charge in [-0.1, -0.05) is 32.0 Å². The van der Waals surface area contributed by atoms with E-state index in [9.17, 15) is 4.79 Å². The van der Waals surface area contributed by atoms with Crippen LogP contribution in [-0.4, -0.2) is 28.9 Å². The van der Waals surface area contributed by atoms with Gasteiger partial charge in [0, 0.05) is 30.2 Å². The van der Waals surface area contributed by atoms with Crippen LogP contribution in [0.15, 0.2) is 30.5 Å². The van der Waals surface area contributed by atoms with E-state index < -0.39 is 0 Å². The number of likely N-dealkylation sites (tertiary alicyclic amines) is 1. The first-order valence-electron chi connectivity index (χ1n) is 6.88. The fourth-order valence-electron chi connectivity index (χ4n) is 2.88. The van der Waals surface area contributed by atoms with E-state index in [1.165, 1.54) is 0 Å². The number of aromatic amines is 1. The fourth-order valence-corrected chi connectivity index (χ4v) is 2.88. The van der Waals surface area contributed by atoms with Gasteiger partial charge in [-0.05, 0) is 23.5 Å². The molecule has 1 amide bonds. The van der Waals surface area contributed by atoms with Crippen molar-refractivity contribution in [3.63, 3.8) is 0 Å². The van der Waals surface area contributed by atoms with Crippen LogP contribution < -0.4 is 0 Å². The maximum Gasteiger partial charge on any atom is 0.227 e. The van der Waals surface area contributed by atoms with Crippen LogP contribution >= 0.6 is 0 Å². The summed E-state index contributed by atoms with van der Waals surface area (Å²) in [4.78, 5) is 17.6. The van der Waals surface area contributed by atoms with Gasteiger partial charge in [-0.15, -0.1) is 0 Å². The zero-order valence-corrected chi connectivity index (χ0v) is 11.6. The van der Waals surface area contributed by atoms with E-state index in [2.05, 4.69) is 24.9 Å². The molecule has 0 saturated carbocycles. The van der Waals surface area contributed by atoms with Crippen LogP contribution in [-0.2, 0) is 11.2 Å². The monoisotopic (exact) mass is 256 g/mol. The molecule has 100 valence electrons. The Morgan fingerprint density at radius 2 is 2.16 bits per heavy atom. The minimum Gasteiger partial charge on any atom is -0.361 e. The van der Waals surface area contributed by atoms with Gasteiger partial charge in [-0.3, -0.25) is 4.79 Å². The summed E-state index contributed by atoms with van der Waals surface area (Å²) in [6.07, 6.45) is 3.57. The van der Waals surface area contributed by atoms with Gasteiger partial charge in [-0.25, -0.2) is 0 Å². The van der Waals surface area contributed by atoms with Crippen LogP contribution in [0.2, 0.25) is 0 Å². The molecule has 0 radical (unpaired) electrons. The van der Waals surface area contributed by atoms with Gasteiger partial charge in [0.05, 0.1) is 6.42 Å². The van der Waals surface area contributed by atoms with Crippen LogP contribution in [0.1, 0.15) is 25.8 Å². The Kier molecular flexibility index (Phi) is 2.85. The highest BCUT2D eigenvalue weighted by Crippen LogP contribution is 2.29. The second-order valence-corrected chi connectivity index (χ2v) is 6.27. The van der Waals surface area contributed by atoms with Gasteiger partial charge in [0.25, 0.3) is 0 Å².